The van der Waals surface area contributed by atoms with E-state index in [1.165, 1.54) is 6.08 Å². The average molecular weight is 341 g/mol. The predicted molar refractivity (Wildman–Crippen MR) is 95.4 cm³/mol. The average Bonchev–Trinajstić information content (AvgIpc) is 3.06. The fourth-order valence-electron chi connectivity index (χ4n) is 2.32. The quantitative estimate of drug-likeness (QED) is 0.781. The molecule has 1 amide bonds. The van der Waals surface area contributed by atoms with E-state index in [-0.39, 0.29) is 11.1 Å². The van der Waals surface area contributed by atoms with E-state index in [2.05, 4.69) is 26.1 Å². The van der Waals surface area contributed by atoms with Crippen LogP contribution in [0.4, 0.5) is 0 Å². The number of hydrogen-bond acceptors (Lipinski definition) is 3. The molecule has 1 heterocycles. The van der Waals surface area contributed by atoms with Crippen LogP contribution in [0.1, 0.15) is 48.9 Å². The van der Waals surface area contributed by atoms with Crippen molar-refractivity contribution in [1.29, 1.82) is 0 Å². The highest BCUT2D eigenvalue weighted by atomic mass is 16.4. The fourth-order valence-corrected chi connectivity index (χ4v) is 2.32. The van der Waals surface area contributed by atoms with Crippen molar-refractivity contribution in [2.24, 2.45) is 0 Å². The minimum atomic E-state index is -1.17. The highest BCUT2D eigenvalue weighted by Crippen LogP contribution is 2.22. The van der Waals surface area contributed by atoms with Crippen molar-refractivity contribution in [3.8, 4) is 0 Å². The minimum Gasteiger partial charge on any atom is -0.477 e. The monoisotopic (exact) mass is 341 g/mol. The third kappa shape index (κ3) is 5.35. The Balaban J connectivity index is 2.03. The first-order chi connectivity index (χ1) is 11.8. The highest BCUT2D eigenvalue weighted by molar-refractivity contribution is 6.00. The number of carboxylic acid groups (broad SMARTS) is 1. The van der Waals surface area contributed by atoms with E-state index >= 15 is 0 Å². The van der Waals surface area contributed by atoms with E-state index in [0.717, 1.165) is 11.3 Å². The van der Waals surface area contributed by atoms with Crippen LogP contribution in [0.5, 0.6) is 0 Å². The molecule has 0 fully saturated rings. The van der Waals surface area contributed by atoms with Gasteiger partial charge in [0.05, 0.1) is 6.26 Å². The maximum atomic E-state index is 12.3. The molecule has 0 atom stereocenters. The van der Waals surface area contributed by atoms with Gasteiger partial charge in [-0.05, 0) is 41.7 Å². The van der Waals surface area contributed by atoms with Gasteiger partial charge in [0.25, 0.3) is 5.91 Å². The fraction of sp³-hybridized carbons (Fsp3) is 0.300. The van der Waals surface area contributed by atoms with Crippen molar-refractivity contribution >= 4 is 11.9 Å². The van der Waals surface area contributed by atoms with Gasteiger partial charge in [0, 0.05) is 12.0 Å². The lowest BCUT2D eigenvalue weighted by Crippen LogP contribution is -2.27. The molecule has 0 saturated carbocycles. The summed E-state index contributed by atoms with van der Waals surface area (Å²) in [5.41, 5.74) is 1.40. The molecule has 0 bridgehead atoms. The topological polar surface area (TPSA) is 79.5 Å². The Bertz CT molecular complexity index is 750. The molecule has 1 aromatic heterocycles. The molecule has 0 unspecified atom stereocenters. The molecular formula is C20H23NO4. The van der Waals surface area contributed by atoms with Crippen molar-refractivity contribution in [2.75, 3.05) is 0 Å². The molecule has 0 aliphatic carbocycles. The summed E-state index contributed by atoms with van der Waals surface area (Å²) in [6.45, 7) is 6.27. The van der Waals surface area contributed by atoms with Gasteiger partial charge in [-0.25, -0.2) is 4.79 Å². The number of allylic oxidation sites excluding steroid dienone is 1. The number of carbonyl (C=O) groups is 2. The van der Waals surface area contributed by atoms with Crippen molar-refractivity contribution in [3.63, 3.8) is 0 Å². The summed E-state index contributed by atoms with van der Waals surface area (Å²) in [7, 11) is 0. The van der Waals surface area contributed by atoms with Crippen LogP contribution in [-0.2, 0) is 16.6 Å². The Morgan fingerprint density at radius 1 is 1.16 bits per heavy atom. The minimum absolute atomic E-state index is 0.00696. The van der Waals surface area contributed by atoms with Gasteiger partial charge in [-0.3, -0.25) is 4.79 Å². The lowest BCUT2D eigenvalue weighted by Gasteiger charge is -2.19. The van der Waals surface area contributed by atoms with Crippen molar-refractivity contribution in [2.45, 2.75) is 39.0 Å². The molecule has 25 heavy (non-hydrogen) atoms. The summed E-state index contributed by atoms with van der Waals surface area (Å²) >= 11 is 0. The van der Waals surface area contributed by atoms with Gasteiger partial charge in [-0.2, -0.15) is 0 Å². The molecule has 5 heteroatoms. The van der Waals surface area contributed by atoms with Crippen LogP contribution >= 0.6 is 0 Å². The van der Waals surface area contributed by atoms with E-state index in [1.54, 1.807) is 24.5 Å². The smallest absolute Gasteiger partial charge is 0.352 e. The number of rotatable bonds is 6. The first kappa shape index (κ1) is 18.5. The van der Waals surface area contributed by atoms with E-state index in [9.17, 15) is 14.7 Å². The predicted octanol–water partition coefficient (Wildman–Crippen LogP) is 3.91. The molecule has 0 spiro atoms. The van der Waals surface area contributed by atoms with Crippen molar-refractivity contribution < 1.29 is 19.1 Å². The summed E-state index contributed by atoms with van der Waals surface area (Å²) in [5, 5.41) is 11.7. The number of aliphatic carboxylic acids is 1. The molecule has 5 nitrogen and oxygen atoms in total. The van der Waals surface area contributed by atoms with Gasteiger partial charge < -0.3 is 14.8 Å². The second-order valence-corrected chi connectivity index (χ2v) is 6.82. The summed E-state index contributed by atoms with van der Waals surface area (Å²) in [4.78, 5) is 23.6. The van der Waals surface area contributed by atoms with Crippen LogP contribution < -0.4 is 5.32 Å². The van der Waals surface area contributed by atoms with Gasteiger partial charge in [-0.15, -0.1) is 0 Å². The highest BCUT2D eigenvalue weighted by Gasteiger charge is 2.16. The van der Waals surface area contributed by atoms with Gasteiger partial charge >= 0.3 is 5.97 Å². The van der Waals surface area contributed by atoms with Crippen LogP contribution in [0.2, 0.25) is 0 Å². The number of furan rings is 1. The third-order valence-corrected chi connectivity index (χ3v) is 3.81. The maximum absolute atomic E-state index is 12.3. The number of nitrogens with one attached hydrogen (secondary N) is 1. The molecule has 1 aromatic carbocycles. The molecular weight excluding hydrogens is 318 g/mol. The molecule has 2 rings (SSSR count). The van der Waals surface area contributed by atoms with E-state index in [4.69, 9.17) is 4.42 Å². The van der Waals surface area contributed by atoms with E-state index < -0.39 is 11.9 Å². The number of aryl methyl sites for hydroxylation is 1. The van der Waals surface area contributed by atoms with Crippen LogP contribution in [0.25, 0.3) is 0 Å². The number of carbonyl (C=O) groups excluding carboxylic acids is 1. The van der Waals surface area contributed by atoms with E-state index in [0.29, 0.717) is 18.4 Å². The number of hydrogen-bond donors (Lipinski definition) is 2. The van der Waals surface area contributed by atoms with Gasteiger partial charge in [0.15, 0.2) is 0 Å². The lowest BCUT2D eigenvalue weighted by atomic mass is 9.87. The first-order valence-electron chi connectivity index (χ1n) is 8.15. The molecule has 0 radical (unpaired) electrons. The van der Waals surface area contributed by atoms with Gasteiger partial charge in [-0.1, -0.05) is 39.0 Å². The number of carboxylic acids is 1. The van der Waals surface area contributed by atoms with Crippen molar-refractivity contribution in [3.05, 3.63) is 71.3 Å². The molecule has 0 saturated heterocycles. The van der Waals surface area contributed by atoms with Gasteiger partial charge in [0.1, 0.15) is 11.5 Å². The third-order valence-electron chi connectivity index (χ3n) is 3.81. The first-order valence-corrected chi connectivity index (χ1v) is 8.15. The zero-order valence-corrected chi connectivity index (χ0v) is 14.7. The Kier molecular flexibility index (Phi) is 5.80. The lowest BCUT2D eigenvalue weighted by molar-refractivity contribution is -0.133. The Morgan fingerprint density at radius 3 is 2.36 bits per heavy atom. The Hall–Kier alpha value is -2.82. The normalized spacial score (nSPS) is 12.0. The summed E-state index contributed by atoms with van der Waals surface area (Å²) in [6, 6.07) is 10.8. The largest absolute Gasteiger partial charge is 0.477 e. The zero-order chi connectivity index (χ0) is 18.4. The number of benzene rings is 1. The van der Waals surface area contributed by atoms with Crippen LogP contribution in [0.3, 0.4) is 0 Å². The summed E-state index contributed by atoms with van der Waals surface area (Å²) < 4.78 is 5.20. The molecule has 0 aliphatic rings. The maximum Gasteiger partial charge on any atom is 0.352 e. The van der Waals surface area contributed by atoms with E-state index in [1.807, 2.05) is 18.2 Å². The molecule has 132 valence electrons. The van der Waals surface area contributed by atoms with Crippen molar-refractivity contribution in [1.82, 2.24) is 5.32 Å². The molecule has 0 aliphatic heterocycles. The van der Waals surface area contributed by atoms with Crippen LogP contribution in [-0.4, -0.2) is 17.0 Å². The standard InChI is InChI=1S/C20H23NO4/c1-20(2,3)15-11-9-14(10-12-15)18(22)21-17(19(23)24)8-4-6-16-7-5-13-25-16/h5,7-13H,4,6H2,1-3H3,(H,21,22)(H,23,24)/b17-8+. The van der Waals surface area contributed by atoms with Crippen LogP contribution in [0, 0.1) is 0 Å². The summed E-state index contributed by atoms with van der Waals surface area (Å²) in [6.07, 6.45) is 4.09. The number of amides is 1. The second-order valence-electron chi connectivity index (χ2n) is 6.82. The SMILES string of the molecule is CC(C)(C)c1ccc(C(=O)N/C(=C/CCc2ccco2)C(=O)O)cc1. The van der Waals surface area contributed by atoms with Gasteiger partial charge in [0.2, 0.25) is 0 Å². The zero-order valence-electron chi connectivity index (χ0n) is 14.7. The summed E-state index contributed by atoms with van der Waals surface area (Å²) in [5.74, 6) is -0.837. The Labute approximate surface area is 147 Å². The molecule has 2 N–H and O–H groups in total. The van der Waals surface area contributed by atoms with Crippen LogP contribution in [0.15, 0.2) is 58.9 Å². The second kappa shape index (κ2) is 7.83. The molecule has 2 aromatic rings. The Morgan fingerprint density at radius 2 is 1.84 bits per heavy atom.